The van der Waals surface area contributed by atoms with Gasteiger partial charge in [-0.3, -0.25) is 0 Å². The van der Waals surface area contributed by atoms with Crippen LogP contribution >= 0.6 is 0 Å². The van der Waals surface area contributed by atoms with Gasteiger partial charge in [0.05, 0.1) is 5.71 Å². The molecule has 0 spiro atoms. The number of likely N-dealkylation sites (tertiary alicyclic amines) is 1. The van der Waals surface area contributed by atoms with Gasteiger partial charge in [-0.05, 0) is 5.92 Å². The first-order valence-corrected chi connectivity index (χ1v) is 5.60. The Kier molecular flexibility index (Phi) is 4.39. The van der Waals surface area contributed by atoms with E-state index >= 15 is 0 Å². The van der Waals surface area contributed by atoms with Crippen LogP contribution in [-0.4, -0.2) is 35.5 Å². The Labute approximate surface area is 86.8 Å². The summed E-state index contributed by atoms with van der Waals surface area (Å²) in [4.78, 5) is 2.48. The SMILES string of the molecule is CCC(C)CN1CCC(=NO)C(C)C1. The molecule has 1 aliphatic rings. The Hall–Kier alpha value is -0.570. The van der Waals surface area contributed by atoms with Crippen molar-refractivity contribution in [3.05, 3.63) is 0 Å². The number of rotatable bonds is 3. The standard InChI is InChI=1S/C11H22N2O/c1-4-9(2)7-13-6-5-11(12-14)10(3)8-13/h9-10,14H,4-8H2,1-3H3. The molecule has 0 saturated carbocycles. The zero-order valence-electron chi connectivity index (χ0n) is 9.53. The first kappa shape index (κ1) is 11.5. The van der Waals surface area contributed by atoms with E-state index in [-0.39, 0.29) is 0 Å². The molecule has 1 heterocycles. The van der Waals surface area contributed by atoms with Gasteiger partial charge in [-0.25, -0.2) is 0 Å². The minimum Gasteiger partial charge on any atom is -0.411 e. The highest BCUT2D eigenvalue weighted by Crippen LogP contribution is 2.15. The largest absolute Gasteiger partial charge is 0.411 e. The van der Waals surface area contributed by atoms with Crippen molar-refractivity contribution in [2.75, 3.05) is 19.6 Å². The number of piperidine rings is 1. The van der Waals surface area contributed by atoms with Gasteiger partial charge in [0.15, 0.2) is 0 Å². The monoisotopic (exact) mass is 198 g/mol. The summed E-state index contributed by atoms with van der Waals surface area (Å²) in [5, 5.41) is 12.1. The molecule has 1 N–H and O–H groups in total. The average molecular weight is 198 g/mol. The Balaban J connectivity index is 2.39. The molecule has 1 aliphatic heterocycles. The van der Waals surface area contributed by atoms with Crippen molar-refractivity contribution in [2.45, 2.75) is 33.6 Å². The van der Waals surface area contributed by atoms with Gasteiger partial charge in [-0.15, -0.1) is 0 Å². The maximum atomic E-state index is 8.75. The molecule has 3 nitrogen and oxygen atoms in total. The molecule has 0 bridgehead atoms. The molecule has 0 aromatic heterocycles. The normalized spacial score (nSPS) is 29.4. The van der Waals surface area contributed by atoms with E-state index in [4.69, 9.17) is 5.21 Å². The summed E-state index contributed by atoms with van der Waals surface area (Å²) in [5.41, 5.74) is 0.963. The second-order valence-electron chi connectivity index (χ2n) is 4.52. The van der Waals surface area contributed by atoms with Gasteiger partial charge in [0, 0.05) is 32.0 Å². The quantitative estimate of drug-likeness (QED) is 0.557. The van der Waals surface area contributed by atoms with Crippen molar-refractivity contribution in [3.8, 4) is 0 Å². The predicted molar refractivity (Wildman–Crippen MR) is 58.9 cm³/mol. The summed E-state index contributed by atoms with van der Waals surface area (Å²) in [6, 6.07) is 0. The van der Waals surface area contributed by atoms with E-state index in [9.17, 15) is 0 Å². The minimum atomic E-state index is 0.415. The van der Waals surface area contributed by atoms with Gasteiger partial charge in [0.25, 0.3) is 0 Å². The van der Waals surface area contributed by atoms with E-state index in [1.165, 1.54) is 13.0 Å². The second-order valence-corrected chi connectivity index (χ2v) is 4.52. The topological polar surface area (TPSA) is 35.8 Å². The summed E-state index contributed by atoms with van der Waals surface area (Å²) in [5.74, 6) is 1.19. The van der Waals surface area contributed by atoms with Crippen LogP contribution in [0.4, 0.5) is 0 Å². The van der Waals surface area contributed by atoms with E-state index in [0.717, 1.165) is 31.1 Å². The zero-order valence-corrected chi connectivity index (χ0v) is 9.53. The van der Waals surface area contributed by atoms with Crippen LogP contribution in [0.5, 0.6) is 0 Å². The van der Waals surface area contributed by atoms with E-state index in [1.807, 2.05) is 0 Å². The Bertz CT molecular complexity index is 203. The molecule has 2 unspecified atom stereocenters. The lowest BCUT2D eigenvalue weighted by Crippen LogP contribution is -2.41. The lowest BCUT2D eigenvalue weighted by atomic mass is 9.96. The molecule has 2 atom stereocenters. The summed E-state index contributed by atoms with van der Waals surface area (Å²) in [6.07, 6.45) is 2.17. The van der Waals surface area contributed by atoms with Gasteiger partial charge >= 0.3 is 0 Å². The average Bonchev–Trinajstić information content (AvgIpc) is 2.18. The first-order valence-electron chi connectivity index (χ1n) is 5.60. The van der Waals surface area contributed by atoms with Gasteiger partial charge in [0.1, 0.15) is 0 Å². The van der Waals surface area contributed by atoms with Crippen LogP contribution in [0.3, 0.4) is 0 Å². The van der Waals surface area contributed by atoms with E-state index < -0.39 is 0 Å². The third-order valence-electron chi connectivity index (χ3n) is 3.18. The highest BCUT2D eigenvalue weighted by molar-refractivity contribution is 5.86. The minimum absolute atomic E-state index is 0.415. The van der Waals surface area contributed by atoms with E-state index in [0.29, 0.717) is 5.92 Å². The molecule has 0 aromatic rings. The van der Waals surface area contributed by atoms with Crippen LogP contribution in [0.2, 0.25) is 0 Å². The fourth-order valence-electron chi connectivity index (χ4n) is 1.99. The summed E-state index contributed by atoms with van der Waals surface area (Å²) >= 11 is 0. The fraction of sp³-hybridized carbons (Fsp3) is 0.909. The molecule has 1 saturated heterocycles. The maximum absolute atomic E-state index is 8.75. The van der Waals surface area contributed by atoms with Crippen LogP contribution in [0, 0.1) is 11.8 Å². The smallest absolute Gasteiger partial charge is 0.0624 e. The predicted octanol–water partition coefficient (Wildman–Crippen LogP) is 2.20. The fourth-order valence-corrected chi connectivity index (χ4v) is 1.99. The van der Waals surface area contributed by atoms with Crippen LogP contribution in [0.15, 0.2) is 5.16 Å². The van der Waals surface area contributed by atoms with Gasteiger partial charge < -0.3 is 10.1 Å². The molecule has 1 rings (SSSR count). The summed E-state index contributed by atoms with van der Waals surface area (Å²) in [7, 11) is 0. The van der Waals surface area contributed by atoms with Crippen molar-refractivity contribution in [1.82, 2.24) is 4.90 Å². The van der Waals surface area contributed by atoms with Crippen molar-refractivity contribution in [3.63, 3.8) is 0 Å². The molecule has 1 fully saturated rings. The van der Waals surface area contributed by atoms with Gasteiger partial charge in [-0.2, -0.15) is 0 Å². The van der Waals surface area contributed by atoms with Crippen molar-refractivity contribution >= 4 is 5.71 Å². The summed E-state index contributed by atoms with van der Waals surface area (Å²) < 4.78 is 0. The number of nitrogens with zero attached hydrogens (tertiary/aromatic N) is 2. The van der Waals surface area contributed by atoms with Crippen molar-refractivity contribution in [1.29, 1.82) is 0 Å². The lowest BCUT2D eigenvalue weighted by molar-refractivity contribution is 0.207. The Morgan fingerprint density at radius 2 is 2.36 bits per heavy atom. The molecule has 0 radical (unpaired) electrons. The van der Waals surface area contributed by atoms with E-state index in [1.54, 1.807) is 0 Å². The van der Waals surface area contributed by atoms with Crippen LogP contribution in [0.1, 0.15) is 33.6 Å². The number of oxime groups is 1. The van der Waals surface area contributed by atoms with Crippen LogP contribution in [0.25, 0.3) is 0 Å². The molecule has 82 valence electrons. The van der Waals surface area contributed by atoms with E-state index in [2.05, 4.69) is 30.8 Å². The molecular formula is C11H22N2O. The highest BCUT2D eigenvalue weighted by atomic mass is 16.4. The maximum Gasteiger partial charge on any atom is 0.0624 e. The Morgan fingerprint density at radius 1 is 1.64 bits per heavy atom. The lowest BCUT2D eigenvalue weighted by Gasteiger charge is -2.32. The third kappa shape index (κ3) is 2.98. The number of hydrogen-bond donors (Lipinski definition) is 1. The molecule has 0 aliphatic carbocycles. The van der Waals surface area contributed by atoms with Crippen molar-refractivity contribution < 1.29 is 5.21 Å². The van der Waals surface area contributed by atoms with Gasteiger partial charge in [0.2, 0.25) is 0 Å². The van der Waals surface area contributed by atoms with Crippen LogP contribution in [-0.2, 0) is 0 Å². The molecule has 0 aromatic carbocycles. The summed E-state index contributed by atoms with van der Waals surface area (Å²) in [6.45, 7) is 9.94. The molecule has 14 heavy (non-hydrogen) atoms. The number of hydrogen-bond acceptors (Lipinski definition) is 3. The van der Waals surface area contributed by atoms with Crippen molar-refractivity contribution in [2.24, 2.45) is 17.0 Å². The molecular weight excluding hydrogens is 176 g/mol. The van der Waals surface area contributed by atoms with Crippen LogP contribution < -0.4 is 0 Å². The Morgan fingerprint density at radius 3 is 2.86 bits per heavy atom. The van der Waals surface area contributed by atoms with Gasteiger partial charge in [-0.1, -0.05) is 32.3 Å². The second kappa shape index (κ2) is 5.35. The third-order valence-corrected chi connectivity index (χ3v) is 3.18. The first-order chi connectivity index (χ1) is 6.67. The molecule has 3 heteroatoms. The molecule has 0 amide bonds. The highest BCUT2D eigenvalue weighted by Gasteiger charge is 2.22. The zero-order chi connectivity index (χ0) is 10.6.